The van der Waals surface area contributed by atoms with Gasteiger partial charge in [-0.25, -0.2) is 4.98 Å². The van der Waals surface area contributed by atoms with E-state index < -0.39 is 0 Å². The molecule has 1 N–H and O–H groups in total. The standard InChI is InChI=1S/C13H15N3S/c1-9-2-3-10(8-15-9)12(16-11-4-5-11)13-14-6-7-17-13/h2-3,6-8,11-12,16H,4-5H2,1H3. The van der Waals surface area contributed by atoms with Crippen LogP contribution in [0.5, 0.6) is 0 Å². The molecule has 0 aliphatic heterocycles. The Hall–Kier alpha value is -1.26. The molecule has 0 saturated heterocycles. The summed E-state index contributed by atoms with van der Waals surface area (Å²) >= 11 is 1.70. The summed E-state index contributed by atoms with van der Waals surface area (Å²) < 4.78 is 0. The van der Waals surface area contributed by atoms with E-state index in [2.05, 4.69) is 27.4 Å². The highest BCUT2D eigenvalue weighted by Crippen LogP contribution is 2.29. The van der Waals surface area contributed by atoms with E-state index in [0.29, 0.717) is 6.04 Å². The van der Waals surface area contributed by atoms with Crippen LogP contribution in [0.4, 0.5) is 0 Å². The van der Waals surface area contributed by atoms with Crippen LogP contribution in [0.2, 0.25) is 0 Å². The molecule has 0 radical (unpaired) electrons. The molecule has 1 saturated carbocycles. The fraction of sp³-hybridized carbons (Fsp3) is 0.385. The van der Waals surface area contributed by atoms with Crippen molar-refractivity contribution in [2.75, 3.05) is 0 Å². The van der Waals surface area contributed by atoms with Crippen molar-refractivity contribution >= 4 is 11.3 Å². The quantitative estimate of drug-likeness (QED) is 0.900. The molecule has 0 bridgehead atoms. The first-order valence-corrected chi connectivity index (χ1v) is 6.79. The summed E-state index contributed by atoms with van der Waals surface area (Å²) in [7, 11) is 0. The molecule has 1 aliphatic rings. The van der Waals surface area contributed by atoms with Crippen molar-refractivity contribution < 1.29 is 0 Å². The number of nitrogens with one attached hydrogen (secondary N) is 1. The zero-order chi connectivity index (χ0) is 11.7. The molecule has 3 rings (SSSR count). The van der Waals surface area contributed by atoms with Crippen LogP contribution in [-0.2, 0) is 0 Å². The van der Waals surface area contributed by atoms with Gasteiger partial charge >= 0.3 is 0 Å². The van der Waals surface area contributed by atoms with Crippen LogP contribution in [0.15, 0.2) is 29.9 Å². The van der Waals surface area contributed by atoms with Gasteiger partial charge in [0.05, 0.1) is 6.04 Å². The van der Waals surface area contributed by atoms with E-state index in [1.807, 2.05) is 24.7 Å². The highest BCUT2D eigenvalue weighted by atomic mass is 32.1. The predicted octanol–water partition coefficient (Wildman–Crippen LogP) is 2.69. The van der Waals surface area contributed by atoms with Gasteiger partial charge in [0.2, 0.25) is 0 Å². The SMILES string of the molecule is Cc1ccc(C(NC2CC2)c2nccs2)cn1. The molecule has 1 fully saturated rings. The number of pyridine rings is 1. The first-order chi connectivity index (χ1) is 8.33. The Balaban J connectivity index is 1.89. The Bertz CT molecular complexity index is 474. The van der Waals surface area contributed by atoms with Crippen LogP contribution in [-0.4, -0.2) is 16.0 Å². The third-order valence-electron chi connectivity index (χ3n) is 2.95. The third kappa shape index (κ3) is 2.53. The van der Waals surface area contributed by atoms with Crippen molar-refractivity contribution in [3.8, 4) is 0 Å². The van der Waals surface area contributed by atoms with Gasteiger partial charge in [0, 0.05) is 29.5 Å². The van der Waals surface area contributed by atoms with Gasteiger partial charge in [0.15, 0.2) is 0 Å². The summed E-state index contributed by atoms with van der Waals surface area (Å²) in [6, 6.07) is 5.06. The highest BCUT2D eigenvalue weighted by molar-refractivity contribution is 7.09. The Morgan fingerprint density at radius 2 is 2.24 bits per heavy atom. The zero-order valence-electron chi connectivity index (χ0n) is 9.76. The summed E-state index contributed by atoms with van der Waals surface area (Å²) in [5.41, 5.74) is 2.26. The number of rotatable bonds is 4. The van der Waals surface area contributed by atoms with Crippen LogP contribution in [0.1, 0.15) is 35.1 Å². The fourth-order valence-corrected chi connectivity index (χ4v) is 2.55. The second-order valence-electron chi connectivity index (χ2n) is 4.48. The van der Waals surface area contributed by atoms with Gasteiger partial charge in [-0.05, 0) is 31.4 Å². The average Bonchev–Trinajstić information content (AvgIpc) is 3.00. The molecular formula is C13H15N3S. The Labute approximate surface area is 105 Å². The maximum absolute atomic E-state index is 4.42. The van der Waals surface area contributed by atoms with Crippen LogP contribution >= 0.6 is 11.3 Å². The van der Waals surface area contributed by atoms with Crippen LogP contribution in [0.25, 0.3) is 0 Å². The van der Waals surface area contributed by atoms with E-state index >= 15 is 0 Å². The molecule has 2 aromatic heterocycles. The van der Waals surface area contributed by atoms with Gasteiger partial charge in [-0.2, -0.15) is 0 Å². The van der Waals surface area contributed by atoms with E-state index in [-0.39, 0.29) is 6.04 Å². The lowest BCUT2D eigenvalue weighted by Gasteiger charge is -2.16. The minimum absolute atomic E-state index is 0.204. The van der Waals surface area contributed by atoms with Crippen molar-refractivity contribution in [3.63, 3.8) is 0 Å². The summed E-state index contributed by atoms with van der Waals surface area (Å²) in [4.78, 5) is 8.80. The zero-order valence-corrected chi connectivity index (χ0v) is 10.6. The summed E-state index contributed by atoms with van der Waals surface area (Å²) in [6.45, 7) is 2.01. The fourth-order valence-electron chi connectivity index (χ4n) is 1.82. The molecule has 88 valence electrons. The molecule has 2 aromatic rings. The predicted molar refractivity (Wildman–Crippen MR) is 69.1 cm³/mol. The van der Waals surface area contributed by atoms with E-state index in [0.717, 1.165) is 10.7 Å². The number of hydrogen-bond acceptors (Lipinski definition) is 4. The maximum Gasteiger partial charge on any atom is 0.114 e. The first kappa shape index (κ1) is 10.9. The topological polar surface area (TPSA) is 37.8 Å². The lowest BCUT2D eigenvalue weighted by molar-refractivity contribution is 0.596. The van der Waals surface area contributed by atoms with Gasteiger partial charge in [-0.1, -0.05) is 6.07 Å². The van der Waals surface area contributed by atoms with E-state index in [1.54, 1.807) is 11.3 Å². The third-order valence-corrected chi connectivity index (χ3v) is 3.79. The van der Waals surface area contributed by atoms with E-state index in [1.165, 1.54) is 18.4 Å². The second-order valence-corrected chi connectivity index (χ2v) is 5.40. The van der Waals surface area contributed by atoms with Crippen LogP contribution < -0.4 is 5.32 Å². The molecular weight excluding hydrogens is 230 g/mol. The van der Waals surface area contributed by atoms with Gasteiger partial charge < -0.3 is 5.32 Å². The Morgan fingerprint density at radius 3 is 2.82 bits per heavy atom. The summed E-state index contributed by atoms with van der Waals surface area (Å²) in [5, 5.41) is 6.79. The first-order valence-electron chi connectivity index (χ1n) is 5.91. The smallest absolute Gasteiger partial charge is 0.114 e. The normalized spacial score (nSPS) is 17.0. The van der Waals surface area contributed by atoms with Crippen molar-refractivity contribution in [1.29, 1.82) is 0 Å². The number of thiazole rings is 1. The Morgan fingerprint density at radius 1 is 1.35 bits per heavy atom. The number of hydrogen-bond donors (Lipinski definition) is 1. The molecule has 1 unspecified atom stereocenters. The minimum Gasteiger partial charge on any atom is -0.301 e. The molecule has 0 aromatic carbocycles. The summed E-state index contributed by atoms with van der Waals surface area (Å²) in [6.07, 6.45) is 6.38. The second kappa shape index (κ2) is 4.55. The lowest BCUT2D eigenvalue weighted by atomic mass is 10.1. The molecule has 17 heavy (non-hydrogen) atoms. The van der Waals surface area contributed by atoms with Crippen molar-refractivity contribution in [3.05, 3.63) is 46.2 Å². The van der Waals surface area contributed by atoms with Crippen molar-refractivity contribution in [2.24, 2.45) is 0 Å². The minimum atomic E-state index is 0.204. The molecule has 4 heteroatoms. The monoisotopic (exact) mass is 245 g/mol. The van der Waals surface area contributed by atoms with E-state index in [4.69, 9.17) is 0 Å². The average molecular weight is 245 g/mol. The number of aromatic nitrogens is 2. The molecule has 3 nitrogen and oxygen atoms in total. The molecule has 1 aliphatic carbocycles. The molecule has 2 heterocycles. The Kier molecular flexibility index (Phi) is 2.91. The van der Waals surface area contributed by atoms with Gasteiger partial charge in [0.1, 0.15) is 5.01 Å². The van der Waals surface area contributed by atoms with Gasteiger partial charge in [0.25, 0.3) is 0 Å². The largest absolute Gasteiger partial charge is 0.301 e. The van der Waals surface area contributed by atoms with Crippen LogP contribution in [0, 0.1) is 6.92 Å². The number of aryl methyl sites for hydroxylation is 1. The van der Waals surface area contributed by atoms with Crippen molar-refractivity contribution in [1.82, 2.24) is 15.3 Å². The lowest BCUT2D eigenvalue weighted by Crippen LogP contribution is -2.24. The molecule has 0 spiro atoms. The maximum atomic E-state index is 4.42. The molecule has 1 atom stereocenters. The van der Waals surface area contributed by atoms with Crippen molar-refractivity contribution in [2.45, 2.75) is 31.8 Å². The van der Waals surface area contributed by atoms with Gasteiger partial charge in [-0.3, -0.25) is 4.98 Å². The summed E-state index contributed by atoms with van der Waals surface area (Å²) in [5.74, 6) is 0. The van der Waals surface area contributed by atoms with Gasteiger partial charge in [-0.15, -0.1) is 11.3 Å². The number of nitrogens with zero attached hydrogens (tertiary/aromatic N) is 2. The highest BCUT2D eigenvalue weighted by Gasteiger charge is 2.27. The van der Waals surface area contributed by atoms with Crippen LogP contribution in [0.3, 0.4) is 0 Å². The molecule has 0 amide bonds. The van der Waals surface area contributed by atoms with E-state index in [9.17, 15) is 0 Å².